The third-order valence-corrected chi connectivity index (χ3v) is 2.85. The Hall–Kier alpha value is -0.610. The fourth-order valence-corrected chi connectivity index (χ4v) is 2.10. The van der Waals surface area contributed by atoms with Crippen LogP contribution in [0.4, 0.5) is 4.39 Å². The first kappa shape index (κ1) is 10.9. The quantitative estimate of drug-likeness (QED) is 0.772. The number of halogens is 1. The Balaban J connectivity index is 1.90. The van der Waals surface area contributed by atoms with Gasteiger partial charge in [-0.2, -0.15) is 0 Å². The summed E-state index contributed by atoms with van der Waals surface area (Å²) in [5.41, 5.74) is -1.37. The second kappa shape index (κ2) is 4.49. The van der Waals surface area contributed by atoms with Gasteiger partial charge in [0.25, 0.3) is 0 Å². The standard InChI is InChI=1S/C11H18FNO2/c1-11(12,10-3-2-5-15-10)7-9-8-14-6-4-13-9/h3,9,13H,2,4-8H2,1H3. The first-order valence-corrected chi connectivity index (χ1v) is 5.52. The minimum atomic E-state index is -1.37. The van der Waals surface area contributed by atoms with Gasteiger partial charge in [0.05, 0.1) is 19.8 Å². The minimum Gasteiger partial charge on any atom is -0.495 e. The zero-order chi connectivity index (χ0) is 10.7. The SMILES string of the molecule is CC(F)(CC1COCCN1)C1=CCCO1. The molecule has 0 aromatic heterocycles. The topological polar surface area (TPSA) is 30.5 Å². The van der Waals surface area contributed by atoms with Crippen LogP contribution in [0.5, 0.6) is 0 Å². The lowest BCUT2D eigenvalue weighted by molar-refractivity contribution is 0.0405. The van der Waals surface area contributed by atoms with E-state index in [1.807, 2.05) is 6.08 Å². The molecule has 4 heteroatoms. The van der Waals surface area contributed by atoms with E-state index >= 15 is 0 Å². The molecule has 2 aliphatic heterocycles. The fraction of sp³-hybridized carbons (Fsp3) is 0.818. The first-order valence-electron chi connectivity index (χ1n) is 5.52. The van der Waals surface area contributed by atoms with E-state index in [4.69, 9.17) is 9.47 Å². The summed E-state index contributed by atoms with van der Waals surface area (Å²) in [6, 6.07) is 0.0962. The van der Waals surface area contributed by atoms with Gasteiger partial charge in [-0.15, -0.1) is 0 Å². The van der Waals surface area contributed by atoms with Crippen LogP contribution in [-0.2, 0) is 9.47 Å². The fourth-order valence-electron chi connectivity index (χ4n) is 2.10. The zero-order valence-electron chi connectivity index (χ0n) is 9.09. The van der Waals surface area contributed by atoms with E-state index in [9.17, 15) is 4.39 Å². The Labute approximate surface area is 89.6 Å². The molecular formula is C11H18FNO2. The summed E-state index contributed by atoms with van der Waals surface area (Å²) in [6.45, 7) is 4.32. The summed E-state index contributed by atoms with van der Waals surface area (Å²) in [5.74, 6) is 0.495. The van der Waals surface area contributed by atoms with E-state index in [0.717, 1.165) is 19.6 Å². The number of alkyl halides is 1. The van der Waals surface area contributed by atoms with Gasteiger partial charge in [0.15, 0.2) is 5.67 Å². The van der Waals surface area contributed by atoms with Crippen molar-refractivity contribution < 1.29 is 13.9 Å². The highest BCUT2D eigenvalue weighted by molar-refractivity contribution is 5.12. The Morgan fingerprint density at radius 1 is 1.60 bits per heavy atom. The molecule has 2 unspecified atom stereocenters. The molecule has 2 atom stereocenters. The molecule has 0 aliphatic carbocycles. The van der Waals surface area contributed by atoms with Crippen molar-refractivity contribution >= 4 is 0 Å². The van der Waals surface area contributed by atoms with Crippen molar-refractivity contribution in [1.29, 1.82) is 0 Å². The van der Waals surface area contributed by atoms with Gasteiger partial charge in [0, 0.05) is 25.4 Å². The van der Waals surface area contributed by atoms with Crippen molar-refractivity contribution in [2.75, 3.05) is 26.4 Å². The van der Waals surface area contributed by atoms with E-state index in [1.165, 1.54) is 0 Å². The minimum absolute atomic E-state index is 0.0962. The van der Waals surface area contributed by atoms with E-state index in [0.29, 0.717) is 25.4 Å². The molecule has 0 aromatic carbocycles. The normalized spacial score (nSPS) is 30.5. The molecule has 0 aromatic rings. The van der Waals surface area contributed by atoms with E-state index in [1.54, 1.807) is 6.92 Å². The highest BCUT2D eigenvalue weighted by Gasteiger charge is 2.35. The van der Waals surface area contributed by atoms with Crippen molar-refractivity contribution in [3.8, 4) is 0 Å². The van der Waals surface area contributed by atoms with Crippen molar-refractivity contribution in [3.63, 3.8) is 0 Å². The summed E-state index contributed by atoms with van der Waals surface area (Å²) >= 11 is 0. The predicted octanol–water partition coefficient (Wildman–Crippen LogP) is 1.40. The molecule has 1 fully saturated rings. The highest BCUT2D eigenvalue weighted by Crippen LogP contribution is 2.31. The lowest BCUT2D eigenvalue weighted by Gasteiger charge is -2.30. The molecule has 3 nitrogen and oxygen atoms in total. The number of ether oxygens (including phenoxy) is 2. The molecular weight excluding hydrogens is 197 g/mol. The van der Waals surface area contributed by atoms with Crippen molar-refractivity contribution in [3.05, 3.63) is 11.8 Å². The molecule has 0 amide bonds. The third kappa shape index (κ3) is 2.69. The lowest BCUT2D eigenvalue weighted by Crippen LogP contribution is -2.45. The van der Waals surface area contributed by atoms with Crippen LogP contribution in [0.1, 0.15) is 19.8 Å². The monoisotopic (exact) mass is 215 g/mol. The molecule has 2 aliphatic rings. The van der Waals surface area contributed by atoms with Crippen LogP contribution in [0.15, 0.2) is 11.8 Å². The number of nitrogens with one attached hydrogen (secondary N) is 1. The van der Waals surface area contributed by atoms with E-state index in [-0.39, 0.29) is 6.04 Å². The molecule has 0 radical (unpaired) electrons. The predicted molar refractivity (Wildman–Crippen MR) is 55.4 cm³/mol. The maximum Gasteiger partial charge on any atom is 0.166 e. The van der Waals surface area contributed by atoms with Crippen molar-refractivity contribution in [2.45, 2.75) is 31.5 Å². The van der Waals surface area contributed by atoms with Crippen LogP contribution in [0.3, 0.4) is 0 Å². The average Bonchev–Trinajstić information content (AvgIpc) is 2.71. The number of hydrogen-bond acceptors (Lipinski definition) is 3. The molecule has 2 heterocycles. The van der Waals surface area contributed by atoms with E-state index < -0.39 is 5.67 Å². The van der Waals surface area contributed by atoms with Gasteiger partial charge in [-0.1, -0.05) is 0 Å². The molecule has 0 bridgehead atoms. The maximum atomic E-state index is 14.3. The van der Waals surface area contributed by atoms with Gasteiger partial charge in [0.1, 0.15) is 5.76 Å². The molecule has 15 heavy (non-hydrogen) atoms. The van der Waals surface area contributed by atoms with Crippen LogP contribution in [0.2, 0.25) is 0 Å². The van der Waals surface area contributed by atoms with E-state index in [2.05, 4.69) is 5.32 Å². The summed E-state index contributed by atoms with van der Waals surface area (Å²) < 4.78 is 24.9. The van der Waals surface area contributed by atoms with Gasteiger partial charge in [-0.3, -0.25) is 0 Å². The number of allylic oxidation sites excluding steroid dienone is 1. The molecule has 86 valence electrons. The smallest absolute Gasteiger partial charge is 0.166 e. The molecule has 1 saturated heterocycles. The Kier molecular flexibility index (Phi) is 3.26. The second-order valence-electron chi connectivity index (χ2n) is 4.33. The Bertz CT molecular complexity index is 247. The lowest BCUT2D eigenvalue weighted by atomic mass is 9.96. The van der Waals surface area contributed by atoms with Crippen LogP contribution in [-0.4, -0.2) is 38.1 Å². The Morgan fingerprint density at radius 3 is 3.07 bits per heavy atom. The summed E-state index contributed by atoms with van der Waals surface area (Å²) in [5, 5.41) is 3.25. The average molecular weight is 215 g/mol. The van der Waals surface area contributed by atoms with Gasteiger partial charge in [0.2, 0.25) is 0 Å². The maximum absolute atomic E-state index is 14.3. The summed E-state index contributed by atoms with van der Waals surface area (Å²) in [4.78, 5) is 0. The second-order valence-corrected chi connectivity index (χ2v) is 4.33. The Morgan fingerprint density at radius 2 is 2.47 bits per heavy atom. The number of morpholine rings is 1. The molecule has 0 spiro atoms. The van der Waals surface area contributed by atoms with Gasteiger partial charge in [-0.05, 0) is 13.0 Å². The zero-order valence-corrected chi connectivity index (χ0v) is 9.09. The highest BCUT2D eigenvalue weighted by atomic mass is 19.1. The van der Waals surface area contributed by atoms with Gasteiger partial charge >= 0.3 is 0 Å². The van der Waals surface area contributed by atoms with Crippen molar-refractivity contribution in [2.24, 2.45) is 0 Å². The molecule has 0 saturated carbocycles. The van der Waals surface area contributed by atoms with Crippen molar-refractivity contribution in [1.82, 2.24) is 5.32 Å². The largest absolute Gasteiger partial charge is 0.495 e. The van der Waals surface area contributed by atoms with Crippen LogP contribution in [0.25, 0.3) is 0 Å². The van der Waals surface area contributed by atoms with Crippen LogP contribution >= 0.6 is 0 Å². The summed E-state index contributed by atoms with van der Waals surface area (Å²) in [6.07, 6.45) is 3.09. The third-order valence-electron chi connectivity index (χ3n) is 2.85. The number of hydrogen-bond donors (Lipinski definition) is 1. The first-order chi connectivity index (χ1) is 7.18. The summed E-state index contributed by atoms with van der Waals surface area (Å²) in [7, 11) is 0. The molecule has 2 rings (SSSR count). The number of rotatable bonds is 3. The molecule has 1 N–H and O–H groups in total. The van der Waals surface area contributed by atoms with Crippen LogP contribution in [0, 0.1) is 0 Å². The van der Waals surface area contributed by atoms with Crippen LogP contribution < -0.4 is 5.32 Å². The van der Waals surface area contributed by atoms with Gasteiger partial charge < -0.3 is 14.8 Å². The van der Waals surface area contributed by atoms with Gasteiger partial charge in [-0.25, -0.2) is 4.39 Å².